The van der Waals surface area contributed by atoms with Gasteiger partial charge < -0.3 is 14.1 Å². The molecule has 3 fully saturated rings. The van der Waals surface area contributed by atoms with Crippen LogP contribution in [0, 0.1) is 11.8 Å². The van der Waals surface area contributed by atoms with Crippen LogP contribution >= 0.6 is 0 Å². The van der Waals surface area contributed by atoms with Gasteiger partial charge >= 0.3 is 0 Å². The van der Waals surface area contributed by atoms with Crippen LogP contribution in [0.3, 0.4) is 0 Å². The fraction of sp³-hybridized carbons (Fsp3) is 0.476. The Kier molecular flexibility index (Phi) is 3.17. The zero-order valence-corrected chi connectivity index (χ0v) is 15.0. The number of methoxy groups -OCH3 is 1. The van der Waals surface area contributed by atoms with Crippen molar-refractivity contribution >= 4 is 17.2 Å². The molecular weight excluding hydrogens is 312 g/mol. The molecule has 4 aliphatic heterocycles. The van der Waals surface area contributed by atoms with E-state index in [2.05, 4.69) is 41.6 Å². The highest BCUT2D eigenvalue weighted by Crippen LogP contribution is 2.54. The second-order valence-electron chi connectivity index (χ2n) is 7.68. The molecule has 1 aromatic carbocycles. The normalized spacial score (nSPS) is 34.4. The molecule has 130 valence electrons. The third-order valence-corrected chi connectivity index (χ3v) is 6.87. The average molecular weight is 336 g/mol. The third kappa shape index (κ3) is 1.83. The predicted octanol–water partition coefficient (Wildman–Crippen LogP) is 3.25. The van der Waals surface area contributed by atoms with Crippen molar-refractivity contribution in [3.05, 3.63) is 41.1 Å². The quantitative estimate of drug-likeness (QED) is 0.624. The number of allylic oxidation sites excluding steroid dienone is 1. The Morgan fingerprint density at radius 3 is 2.88 bits per heavy atom. The first-order valence-corrected chi connectivity index (χ1v) is 9.19. The summed E-state index contributed by atoms with van der Waals surface area (Å²) in [6.45, 7) is 3.13. The lowest BCUT2D eigenvalue weighted by Crippen LogP contribution is -2.60. The number of aryl methyl sites for hydroxylation is 1. The third-order valence-electron chi connectivity index (χ3n) is 6.87. The highest BCUT2D eigenvalue weighted by molar-refractivity contribution is 5.87. The molecule has 2 aromatic rings. The first-order chi connectivity index (χ1) is 12.2. The van der Waals surface area contributed by atoms with E-state index in [1.807, 2.05) is 6.07 Å². The smallest absolute Gasteiger partial charge is 0.125 e. The fourth-order valence-corrected chi connectivity index (χ4v) is 5.72. The van der Waals surface area contributed by atoms with Crippen molar-refractivity contribution in [2.45, 2.75) is 31.8 Å². The van der Waals surface area contributed by atoms with E-state index in [4.69, 9.17) is 4.74 Å². The molecule has 0 aliphatic carbocycles. The van der Waals surface area contributed by atoms with Gasteiger partial charge in [0, 0.05) is 42.1 Å². The van der Waals surface area contributed by atoms with E-state index >= 15 is 0 Å². The number of piperidine rings is 3. The maximum absolute atomic E-state index is 11.9. The molecule has 1 unspecified atom stereocenters. The summed E-state index contributed by atoms with van der Waals surface area (Å²) < 4.78 is 7.83. The van der Waals surface area contributed by atoms with Gasteiger partial charge in [0.25, 0.3) is 0 Å². The van der Waals surface area contributed by atoms with Gasteiger partial charge in [0.1, 0.15) is 12.0 Å². The standard InChI is InChI=1S/C21H24N2O2/c1-4-12-10-23-19-9-16-15-7-13(25-3)5-6-18(15)22(2)21(16)20(23)8-14(12)17(19)11-24/h4-7,11,14,17,19-20H,8-10H2,1-3H3/b12-4-/t14-,17+,19-,20-/m0/s1. The van der Waals surface area contributed by atoms with Gasteiger partial charge in [-0.3, -0.25) is 4.90 Å². The molecule has 0 spiro atoms. The van der Waals surface area contributed by atoms with Gasteiger partial charge in [-0.1, -0.05) is 11.6 Å². The Morgan fingerprint density at radius 1 is 1.32 bits per heavy atom. The van der Waals surface area contributed by atoms with Crippen molar-refractivity contribution in [1.82, 2.24) is 9.47 Å². The Hall–Kier alpha value is -2.07. The molecule has 1 aromatic heterocycles. The molecule has 5 atom stereocenters. The van der Waals surface area contributed by atoms with Gasteiger partial charge in [-0.15, -0.1) is 0 Å². The summed E-state index contributed by atoms with van der Waals surface area (Å²) in [6.07, 6.45) is 5.48. The number of rotatable bonds is 2. The summed E-state index contributed by atoms with van der Waals surface area (Å²) >= 11 is 0. The maximum Gasteiger partial charge on any atom is 0.125 e. The molecule has 6 rings (SSSR count). The van der Waals surface area contributed by atoms with Crippen molar-refractivity contribution in [3.8, 4) is 5.75 Å². The van der Waals surface area contributed by atoms with Crippen LogP contribution in [0.15, 0.2) is 29.8 Å². The van der Waals surface area contributed by atoms with Crippen molar-refractivity contribution in [2.24, 2.45) is 18.9 Å². The molecule has 3 saturated heterocycles. The highest BCUT2D eigenvalue weighted by Gasteiger charge is 2.53. The summed E-state index contributed by atoms with van der Waals surface area (Å²) in [6, 6.07) is 7.14. The predicted molar refractivity (Wildman–Crippen MR) is 97.8 cm³/mol. The van der Waals surface area contributed by atoms with Crippen LogP contribution in [0.1, 0.15) is 30.6 Å². The molecule has 0 radical (unpaired) electrons. The maximum atomic E-state index is 11.9. The van der Waals surface area contributed by atoms with Crippen LogP contribution in [-0.2, 0) is 18.3 Å². The van der Waals surface area contributed by atoms with Gasteiger partial charge in [0.15, 0.2) is 0 Å². The number of hydrogen-bond donors (Lipinski definition) is 0. The molecule has 4 aliphatic rings. The number of ether oxygens (including phenoxy) is 1. The minimum atomic E-state index is 0.130. The van der Waals surface area contributed by atoms with Gasteiger partial charge in [0.05, 0.1) is 13.2 Å². The second-order valence-corrected chi connectivity index (χ2v) is 7.68. The number of aldehydes is 1. The van der Waals surface area contributed by atoms with E-state index in [9.17, 15) is 4.79 Å². The molecule has 5 heterocycles. The Morgan fingerprint density at radius 2 is 2.16 bits per heavy atom. The molecule has 4 bridgehead atoms. The molecular formula is C21H24N2O2. The van der Waals surface area contributed by atoms with E-state index in [0.717, 1.165) is 25.1 Å². The number of carbonyl (C=O) groups excluding carboxylic acids is 1. The monoisotopic (exact) mass is 336 g/mol. The number of hydrogen-bond acceptors (Lipinski definition) is 3. The Labute approximate surface area is 148 Å². The number of fused-ring (bicyclic) bond motifs is 4. The zero-order chi connectivity index (χ0) is 17.3. The van der Waals surface area contributed by atoms with Gasteiger partial charge in [-0.05, 0) is 49.4 Å². The minimum absolute atomic E-state index is 0.130. The van der Waals surface area contributed by atoms with Crippen molar-refractivity contribution in [1.29, 1.82) is 0 Å². The van der Waals surface area contributed by atoms with Crippen molar-refractivity contribution in [3.63, 3.8) is 0 Å². The number of aromatic nitrogens is 1. The average Bonchev–Trinajstić information content (AvgIpc) is 2.93. The molecule has 0 N–H and O–H groups in total. The molecule has 4 nitrogen and oxygen atoms in total. The topological polar surface area (TPSA) is 34.5 Å². The Bertz CT molecular complexity index is 910. The molecule has 0 saturated carbocycles. The number of carbonyl (C=O) groups is 1. The first-order valence-electron chi connectivity index (χ1n) is 9.19. The van der Waals surface area contributed by atoms with E-state index in [-0.39, 0.29) is 5.92 Å². The lowest BCUT2D eigenvalue weighted by Gasteiger charge is -2.57. The van der Waals surface area contributed by atoms with Crippen LogP contribution in [0.2, 0.25) is 0 Å². The summed E-state index contributed by atoms with van der Waals surface area (Å²) in [7, 11) is 3.90. The molecule has 25 heavy (non-hydrogen) atoms. The van der Waals surface area contributed by atoms with Crippen LogP contribution in [0.4, 0.5) is 0 Å². The number of benzene rings is 1. The van der Waals surface area contributed by atoms with E-state index in [1.54, 1.807) is 7.11 Å². The summed E-state index contributed by atoms with van der Waals surface area (Å²) in [5, 5.41) is 1.29. The van der Waals surface area contributed by atoms with Crippen LogP contribution in [-0.4, -0.2) is 35.4 Å². The molecule has 4 heteroatoms. The fourth-order valence-electron chi connectivity index (χ4n) is 5.72. The van der Waals surface area contributed by atoms with E-state index in [1.165, 1.54) is 34.0 Å². The highest BCUT2D eigenvalue weighted by atomic mass is 16.5. The van der Waals surface area contributed by atoms with Gasteiger partial charge in [-0.25, -0.2) is 0 Å². The van der Waals surface area contributed by atoms with Crippen molar-refractivity contribution in [2.75, 3.05) is 13.7 Å². The van der Waals surface area contributed by atoms with Gasteiger partial charge in [-0.2, -0.15) is 0 Å². The van der Waals surface area contributed by atoms with Crippen LogP contribution in [0.25, 0.3) is 10.9 Å². The lowest BCUT2D eigenvalue weighted by molar-refractivity contribution is -0.121. The summed E-state index contributed by atoms with van der Waals surface area (Å²) in [5.74, 6) is 1.45. The minimum Gasteiger partial charge on any atom is -0.497 e. The first kappa shape index (κ1) is 15.2. The number of nitrogens with zero attached hydrogens (tertiary/aromatic N) is 2. The van der Waals surface area contributed by atoms with Crippen LogP contribution < -0.4 is 4.74 Å². The lowest BCUT2D eigenvalue weighted by atomic mass is 9.64. The van der Waals surface area contributed by atoms with Crippen molar-refractivity contribution < 1.29 is 9.53 Å². The Balaban J connectivity index is 1.72. The van der Waals surface area contributed by atoms with Crippen LogP contribution in [0.5, 0.6) is 5.75 Å². The van der Waals surface area contributed by atoms with E-state index < -0.39 is 0 Å². The zero-order valence-electron chi connectivity index (χ0n) is 15.0. The summed E-state index contributed by atoms with van der Waals surface area (Å²) in [4.78, 5) is 14.5. The SMILES string of the molecule is C/C=C1/CN2[C@H]3C[C@@H]1[C@@H](C=O)[C@@H]2Cc1c3n(C)c2ccc(OC)cc12. The molecule has 0 amide bonds. The summed E-state index contributed by atoms with van der Waals surface area (Å²) in [5.41, 5.74) is 5.60. The van der Waals surface area contributed by atoms with Gasteiger partial charge in [0.2, 0.25) is 0 Å². The second kappa shape index (κ2) is 5.21. The largest absolute Gasteiger partial charge is 0.497 e. The van der Waals surface area contributed by atoms with E-state index in [0.29, 0.717) is 18.0 Å².